The summed E-state index contributed by atoms with van der Waals surface area (Å²) < 4.78 is 7.26. The van der Waals surface area contributed by atoms with Crippen LogP contribution in [0, 0.1) is 0 Å². The number of ether oxygens (including phenoxy) is 1. The number of hydrogen-bond donors (Lipinski definition) is 1. The number of fused-ring (bicyclic) bond motifs is 1. The second kappa shape index (κ2) is 12.8. The van der Waals surface area contributed by atoms with Crippen LogP contribution >= 0.6 is 0 Å². The first kappa shape index (κ1) is 30.0. The van der Waals surface area contributed by atoms with Crippen LogP contribution in [0.2, 0.25) is 0 Å². The van der Waals surface area contributed by atoms with Gasteiger partial charge in [-0.2, -0.15) is 5.10 Å². The van der Waals surface area contributed by atoms with Gasteiger partial charge in [0.05, 0.1) is 11.7 Å². The molecule has 5 aromatic rings. The Balaban J connectivity index is 1.38. The molecule has 222 valence electrons. The minimum Gasteiger partial charge on any atom is -0.444 e. The van der Waals surface area contributed by atoms with E-state index in [0.717, 1.165) is 16.5 Å². The molecule has 0 aliphatic heterocycles. The number of nitrogens with zero attached hydrogens (tertiary/aromatic N) is 3. The summed E-state index contributed by atoms with van der Waals surface area (Å²) in [6, 6.07) is 30.1. The summed E-state index contributed by atoms with van der Waals surface area (Å²) in [6.07, 6.45) is 4.95. The average molecular weight is 587 g/mol. The highest BCUT2D eigenvalue weighted by Gasteiger charge is 2.31. The van der Waals surface area contributed by atoms with E-state index in [-0.39, 0.29) is 5.78 Å². The lowest BCUT2D eigenvalue weighted by Gasteiger charge is -2.30. The SMILES string of the molecule is CN(C(=O)OC(C)(C)C)C(C(=O)Nc1cccc(C(=O)c2ccc3cnn(C=Cc4ccccc4)c3c2)c1)c1ccccc1. The van der Waals surface area contributed by atoms with Crippen molar-refractivity contribution < 1.29 is 19.1 Å². The van der Waals surface area contributed by atoms with Crippen molar-refractivity contribution in [3.05, 3.63) is 132 Å². The van der Waals surface area contributed by atoms with Crippen LogP contribution < -0.4 is 5.32 Å². The van der Waals surface area contributed by atoms with Gasteiger partial charge in [0.2, 0.25) is 0 Å². The number of benzene rings is 4. The minimum atomic E-state index is -0.961. The Morgan fingerprint density at radius 1 is 0.864 bits per heavy atom. The molecule has 5 rings (SSSR count). The minimum absolute atomic E-state index is 0.201. The number of anilines is 1. The van der Waals surface area contributed by atoms with Crippen LogP contribution in [0.25, 0.3) is 23.2 Å². The Labute approximate surface area is 256 Å². The van der Waals surface area contributed by atoms with Crippen molar-refractivity contribution in [1.29, 1.82) is 0 Å². The zero-order chi connectivity index (χ0) is 31.3. The maximum atomic E-state index is 13.6. The third kappa shape index (κ3) is 7.10. The lowest BCUT2D eigenvalue weighted by Crippen LogP contribution is -2.41. The number of carbonyl (C=O) groups is 3. The Kier molecular flexibility index (Phi) is 8.71. The molecule has 0 bridgehead atoms. The standard InChI is InChI=1S/C36H34N4O4/c1-36(2,3)44-35(43)39(4)32(26-14-9-6-10-15-26)34(42)38-30-17-11-16-27(22-30)33(41)28-18-19-29-24-37-40(31(29)23-28)21-20-25-12-7-5-8-13-25/h5-24,32H,1-4H3,(H,38,42). The van der Waals surface area contributed by atoms with Gasteiger partial charge in [-0.15, -0.1) is 0 Å². The van der Waals surface area contributed by atoms with Crippen LogP contribution in [0.4, 0.5) is 10.5 Å². The van der Waals surface area contributed by atoms with Crippen LogP contribution in [0.5, 0.6) is 0 Å². The second-order valence-electron chi connectivity index (χ2n) is 11.4. The number of carbonyl (C=O) groups excluding carboxylic acids is 3. The molecule has 1 heterocycles. The van der Waals surface area contributed by atoms with Gasteiger partial charge in [-0.1, -0.05) is 84.9 Å². The van der Waals surface area contributed by atoms with Crippen molar-refractivity contribution in [2.24, 2.45) is 0 Å². The zero-order valence-corrected chi connectivity index (χ0v) is 25.1. The molecule has 0 aliphatic carbocycles. The maximum absolute atomic E-state index is 13.6. The number of ketones is 1. The molecule has 0 saturated heterocycles. The lowest BCUT2D eigenvalue weighted by molar-refractivity contribution is -0.121. The molecule has 0 fully saturated rings. The van der Waals surface area contributed by atoms with Gasteiger partial charge in [0.15, 0.2) is 5.78 Å². The van der Waals surface area contributed by atoms with E-state index in [9.17, 15) is 14.4 Å². The van der Waals surface area contributed by atoms with E-state index in [1.807, 2.05) is 60.8 Å². The van der Waals surface area contributed by atoms with Crippen LogP contribution in [0.1, 0.15) is 53.9 Å². The molecule has 0 aliphatic rings. The first-order valence-corrected chi connectivity index (χ1v) is 14.3. The number of amides is 2. The fourth-order valence-corrected chi connectivity index (χ4v) is 4.76. The summed E-state index contributed by atoms with van der Waals surface area (Å²) in [7, 11) is 1.53. The molecular weight excluding hydrogens is 552 g/mol. The van der Waals surface area contributed by atoms with E-state index in [4.69, 9.17) is 4.74 Å². The second-order valence-corrected chi connectivity index (χ2v) is 11.4. The van der Waals surface area contributed by atoms with Gasteiger partial charge in [0, 0.05) is 35.4 Å². The molecule has 1 unspecified atom stereocenters. The zero-order valence-electron chi connectivity index (χ0n) is 25.1. The molecule has 1 atom stereocenters. The largest absolute Gasteiger partial charge is 0.444 e. The van der Waals surface area contributed by atoms with Crippen molar-refractivity contribution >= 4 is 46.6 Å². The summed E-state index contributed by atoms with van der Waals surface area (Å²) in [5, 5.41) is 8.24. The van der Waals surface area contributed by atoms with Crippen LogP contribution in [0.15, 0.2) is 109 Å². The molecule has 2 amide bonds. The third-order valence-corrected chi connectivity index (χ3v) is 6.89. The fourth-order valence-electron chi connectivity index (χ4n) is 4.76. The first-order chi connectivity index (χ1) is 21.1. The van der Waals surface area contributed by atoms with Crippen molar-refractivity contribution in [3.63, 3.8) is 0 Å². The normalized spacial score (nSPS) is 12.2. The molecule has 8 heteroatoms. The van der Waals surface area contributed by atoms with Crippen LogP contribution in [-0.4, -0.2) is 45.1 Å². The van der Waals surface area contributed by atoms with Crippen molar-refractivity contribution in [2.75, 3.05) is 12.4 Å². The van der Waals surface area contributed by atoms with Crippen LogP contribution in [-0.2, 0) is 9.53 Å². The van der Waals surface area contributed by atoms with E-state index in [2.05, 4.69) is 10.4 Å². The Bertz CT molecular complexity index is 1820. The van der Waals surface area contributed by atoms with E-state index in [0.29, 0.717) is 22.4 Å². The van der Waals surface area contributed by atoms with Gasteiger partial charge in [0.25, 0.3) is 5.91 Å². The number of likely N-dealkylation sites (N-methyl/N-ethyl adjacent to an activating group) is 1. The van der Waals surface area contributed by atoms with E-state index < -0.39 is 23.6 Å². The molecule has 1 N–H and O–H groups in total. The number of aromatic nitrogens is 2. The van der Waals surface area contributed by atoms with Gasteiger partial charge in [0.1, 0.15) is 11.6 Å². The highest BCUT2D eigenvalue weighted by Crippen LogP contribution is 2.25. The molecule has 8 nitrogen and oxygen atoms in total. The molecule has 0 radical (unpaired) electrons. The third-order valence-electron chi connectivity index (χ3n) is 6.89. The Morgan fingerprint density at radius 3 is 2.25 bits per heavy atom. The van der Waals surface area contributed by atoms with E-state index >= 15 is 0 Å². The van der Waals surface area contributed by atoms with Gasteiger partial charge in [-0.05, 0) is 56.2 Å². The Morgan fingerprint density at radius 2 is 1.55 bits per heavy atom. The van der Waals surface area contributed by atoms with Gasteiger partial charge < -0.3 is 10.1 Å². The quantitative estimate of drug-likeness (QED) is 0.191. The molecule has 0 saturated carbocycles. The van der Waals surface area contributed by atoms with Crippen molar-refractivity contribution in [2.45, 2.75) is 32.4 Å². The Hall–Kier alpha value is -5.50. The van der Waals surface area contributed by atoms with E-state index in [1.165, 1.54) is 11.9 Å². The lowest BCUT2D eigenvalue weighted by atomic mass is 10.0. The summed E-state index contributed by atoms with van der Waals surface area (Å²) in [4.78, 5) is 41.4. The number of hydrogen-bond acceptors (Lipinski definition) is 5. The van der Waals surface area contributed by atoms with Crippen molar-refractivity contribution in [1.82, 2.24) is 14.7 Å². The molecule has 0 spiro atoms. The molecule has 4 aromatic carbocycles. The summed E-state index contributed by atoms with van der Waals surface area (Å²) in [6.45, 7) is 5.31. The van der Waals surface area contributed by atoms with Crippen molar-refractivity contribution in [3.8, 4) is 0 Å². The monoisotopic (exact) mass is 586 g/mol. The van der Waals surface area contributed by atoms with Gasteiger partial charge in [-0.3, -0.25) is 14.5 Å². The summed E-state index contributed by atoms with van der Waals surface area (Å²) in [5.41, 5.74) is 3.05. The summed E-state index contributed by atoms with van der Waals surface area (Å²) in [5.74, 6) is -0.641. The number of nitrogens with one attached hydrogen (secondary N) is 1. The molecule has 44 heavy (non-hydrogen) atoms. The van der Waals surface area contributed by atoms with Crippen LogP contribution in [0.3, 0.4) is 0 Å². The maximum Gasteiger partial charge on any atom is 0.410 e. The van der Waals surface area contributed by atoms with Gasteiger partial charge >= 0.3 is 6.09 Å². The smallest absolute Gasteiger partial charge is 0.410 e. The summed E-state index contributed by atoms with van der Waals surface area (Å²) >= 11 is 0. The first-order valence-electron chi connectivity index (χ1n) is 14.3. The predicted molar refractivity (Wildman–Crippen MR) is 173 cm³/mol. The predicted octanol–water partition coefficient (Wildman–Crippen LogP) is 7.44. The average Bonchev–Trinajstić information content (AvgIpc) is 3.42. The topological polar surface area (TPSA) is 93.5 Å². The van der Waals surface area contributed by atoms with E-state index in [1.54, 1.807) is 86.2 Å². The number of rotatable bonds is 8. The fraction of sp³-hybridized carbons (Fsp3) is 0.167. The highest BCUT2D eigenvalue weighted by molar-refractivity contribution is 6.11. The molecule has 1 aromatic heterocycles. The molecular formula is C36H34N4O4. The van der Waals surface area contributed by atoms with Gasteiger partial charge in [-0.25, -0.2) is 9.48 Å². The highest BCUT2D eigenvalue weighted by atomic mass is 16.6.